The van der Waals surface area contributed by atoms with Crippen LogP contribution in [0.2, 0.25) is 0 Å². The van der Waals surface area contributed by atoms with E-state index >= 15 is 0 Å². The molecule has 13 nitrogen and oxygen atoms in total. The quantitative estimate of drug-likeness (QED) is 0.231. The molecule has 288 valence electrons. The van der Waals surface area contributed by atoms with Gasteiger partial charge in [-0.1, -0.05) is 20.4 Å². The van der Waals surface area contributed by atoms with Crippen LogP contribution in [0, 0.1) is 12.3 Å². The molecule has 4 aromatic rings. The van der Waals surface area contributed by atoms with E-state index in [9.17, 15) is 14.4 Å². The van der Waals surface area contributed by atoms with E-state index in [4.69, 9.17) is 9.72 Å². The molecule has 2 amide bonds. The maximum absolute atomic E-state index is 13.9. The highest BCUT2D eigenvalue weighted by atomic mass is 16.5. The van der Waals surface area contributed by atoms with Crippen LogP contribution in [0.15, 0.2) is 60.2 Å². The molecule has 0 spiro atoms. The monoisotopic (exact) mass is 745 g/mol. The zero-order chi connectivity index (χ0) is 38.6. The summed E-state index contributed by atoms with van der Waals surface area (Å²) in [6.07, 6.45) is 8.62. The SMILES string of the molecule is C=CC(=O)Nc1cc(Nc2nc(-c3ccnc(N4CCn5c(cc6c5CC(C)(C)C6)C4=O)c3C)cn(C)c2=O)ccc1N1CCC(N2CCOCC2)CC1C. The smallest absolute Gasteiger partial charge is 0.293 e. The molecular weight excluding hydrogens is 695 g/mol. The summed E-state index contributed by atoms with van der Waals surface area (Å²) in [5.74, 6) is 0.348. The number of nitrogens with zero attached hydrogens (tertiary/aromatic N) is 7. The zero-order valence-electron chi connectivity index (χ0n) is 32.5. The van der Waals surface area contributed by atoms with Crippen molar-refractivity contribution in [2.75, 3.05) is 59.8 Å². The van der Waals surface area contributed by atoms with Gasteiger partial charge in [-0.3, -0.25) is 24.2 Å². The van der Waals surface area contributed by atoms with Gasteiger partial charge in [-0.15, -0.1) is 0 Å². The number of amides is 2. The first kappa shape index (κ1) is 36.7. The number of fused-ring (bicyclic) bond motifs is 3. The van der Waals surface area contributed by atoms with E-state index in [0.717, 1.165) is 75.3 Å². The van der Waals surface area contributed by atoms with Gasteiger partial charge in [-0.25, -0.2) is 9.97 Å². The largest absolute Gasteiger partial charge is 0.379 e. The van der Waals surface area contributed by atoms with Crippen LogP contribution in [0.5, 0.6) is 0 Å². The predicted molar refractivity (Wildman–Crippen MR) is 216 cm³/mol. The number of nitrogens with one attached hydrogen (secondary N) is 2. The van der Waals surface area contributed by atoms with E-state index in [1.807, 2.05) is 31.2 Å². The topological polar surface area (TPSA) is 130 Å². The molecule has 2 atom stereocenters. The third kappa shape index (κ3) is 6.95. The standard InChI is InChI=1S/C42H51N9O4/c1-7-37(52)45-32-22-29(8-9-34(32)49-13-11-30(20-26(49)2)48-16-18-55-19-17-48)44-38-41(54)47(6)25-33(46-38)31-10-12-43-39(27(31)3)51-15-14-50-35(40(51)53)21-28-23-42(4,5)24-36(28)50/h7-10,12,21-22,25-26,30H,1,11,13-20,23-24H2,2-6H3,(H,44,46)(H,45,52). The Labute approximate surface area is 322 Å². The van der Waals surface area contributed by atoms with Crippen LogP contribution in [-0.4, -0.2) is 87.3 Å². The van der Waals surface area contributed by atoms with Gasteiger partial charge in [0.2, 0.25) is 5.91 Å². The van der Waals surface area contributed by atoms with E-state index in [1.165, 1.54) is 21.9 Å². The lowest BCUT2D eigenvalue weighted by Crippen LogP contribution is -2.52. The number of pyridine rings is 1. The number of carbonyl (C=O) groups is 2. The highest BCUT2D eigenvalue weighted by Gasteiger charge is 2.37. The van der Waals surface area contributed by atoms with Crippen LogP contribution in [0.25, 0.3) is 11.3 Å². The summed E-state index contributed by atoms with van der Waals surface area (Å²) in [4.78, 5) is 56.2. The number of piperidine rings is 1. The van der Waals surface area contributed by atoms with Gasteiger partial charge >= 0.3 is 0 Å². The summed E-state index contributed by atoms with van der Waals surface area (Å²) in [7, 11) is 1.69. The molecule has 3 aromatic heterocycles. The van der Waals surface area contributed by atoms with Crippen LogP contribution < -0.4 is 26.0 Å². The Morgan fingerprint density at radius 3 is 2.62 bits per heavy atom. The summed E-state index contributed by atoms with van der Waals surface area (Å²) < 4.78 is 9.28. The van der Waals surface area contributed by atoms with Gasteiger partial charge in [0, 0.05) is 86.8 Å². The molecule has 2 saturated heterocycles. The minimum absolute atomic E-state index is 0.0550. The molecule has 0 radical (unpaired) electrons. The molecular formula is C42H51N9O4. The number of rotatable bonds is 8. The van der Waals surface area contributed by atoms with Gasteiger partial charge in [0.25, 0.3) is 11.5 Å². The fourth-order valence-corrected chi connectivity index (χ4v) is 9.07. The van der Waals surface area contributed by atoms with Crippen molar-refractivity contribution in [3.05, 3.63) is 88.2 Å². The lowest BCUT2D eigenvalue weighted by Gasteiger charge is -2.44. The number of morpholine rings is 1. The van der Waals surface area contributed by atoms with Crippen LogP contribution in [0.3, 0.4) is 0 Å². The fourth-order valence-electron chi connectivity index (χ4n) is 9.07. The number of hydrogen-bond acceptors (Lipinski definition) is 9. The van der Waals surface area contributed by atoms with Crippen molar-refractivity contribution in [2.24, 2.45) is 12.5 Å². The Kier molecular flexibility index (Phi) is 9.62. The lowest BCUT2D eigenvalue weighted by atomic mass is 9.90. The summed E-state index contributed by atoms with van der Waals surface area (Å²) in [5.41, 5.74) is 7.44. The lowest BCUT2D eigenvalue weighted by molar-refractivity contribution is -0.111. The fraction of sp³-hybridized carbons (Fsp3) is 0.452. The third-order valence-corrected chi connectivity index (χ3v) is 11.8. The molecule has 4 aliphatic rings. The molecule has 2 N–H and O–H groups in total. The van der Waals surface area contributed by atoms with Crippen molar-refractivity contribution < 1.29 is 14.3 Å². The average Bonchev–Trinajstić information content (AvgIpc) is 3.66. The van der Waals surface area contributed by atoms with Gasteiger partial charge < -0.3 is 29.4 Å². The van der Waals surface area contributed by atoms with E-state index in [2.05, 4.69) is 63.4 Å². The number of aromatic nitrogens is 4. The number of benzene rings is 1. The Morgan fingerprint density at radius 2 is 1.85 bits per heavy atom. The van der Waals surface area contributed by atoms with Crippen LogP contribution >= 0.6 is 0 Å². The van der Waals surface area contributed by atoms with E-state index in [0.29, 0.717) is 47.7 Å². The third-order valence-electron chi connectivity index (χ3n) is 11.8. The Bertz CT molecular complexity index is 2230. The number of anilines is 5. The van der Waals surface area contributed by atoms with Gasteiger partial charge in [0.15, 0.2) is 5.82 Å². The Balaban J connectivity index is 1.05. The maximum Gasteiger partial charge on any atom is 0.293 e. The molecule has 55 heavy (non-hydrogen) atoms. The van der Waals surface area contributed by atoms with E-state index in [-0.39, 0.29) is 34.6 Å². The van der Waals surface area contributed by atoms with Crippen molar-refractivity contribution in [2.45, 2.75) is 72.0 Å². The van der Waals surface area contributed by atoms with Crippen LogP contribution in [0.4, 0.5) is 28.7 Å². The normalized spacial score (nSPS) is 20.9. The van der Waals surface area contributed by atoms with Crippen molar-refractivity contribution in [3.63, 3.8) is 0 Å². The molecule has 1 aliphatic carbocycles. The Hall–Kier alpha value is -5.27. The summed E-state index contributed by atoms with van der Waals surface area (Å²) in [6, 6.07) is 10.4. The first-order chi connectivity index (χ1) is 26.4. The van der Waals surface area contributed by atoms with Crippen LogP contribution in [-0.2, 0) is 36.0 Å². The minimum Gasteiger partial charge on any atom is -0.379 e. The van der Waals surface area contributed by atoms with Crippen molar-refractivity contribution in [1.82, 2.24) is 24.0 Å². The van der Waals surface area contributed by atoms with E-state index in [1.54, 1.807) is 24.3 Å². The van der Waals surface area contributed by atoms with E-state index < -0.39 is 0 Å². The molecule has 1 aromatic carbocycles. The average molecular weight is 746 g/mol. The zero-order valence-corrected chi connectivity index (χ0v) is 32.5. The molecule has 2 fully saturated rings. The Morgan fingerprint density at radius 1 is 1.05 bits per heavy atom. The first-order valence-corrected chi connectivity index (χ1v) is 19.4. The van der Waals surface area contributed by atoms with Crippen LogP contribution in [0.1, 0.15) is 60.9 Å². The second kappa shape index (κ2) is 14.4. The molecule has 3 aliphatic heterocycles. The van der Waals surface area contributed by atoms with Gasteiger partial charge in [-0.2, -0.15) is 0 Å². The number of hydrogen-bond donors (Lipinski definition) is 2. The second-order valence-electron chi connectivity index (χ2n) is 16.2. The van der Waals surface area contributed by atoms with Gasteiger partial charge in [0.05, 0.1) is 30.3 Å². The molecule has 2 unspecified atom stereocenters. The summed E-state index contributed by atoms with van der Waals surface area (Å²) in [5, 5.41) is 6.25. The van der Waals surface area contributed by atoms with Crippen molar-refractivity contribution in [3.8, 4) is 11.3 Å². The van der Waals surface area contributed by atoms with Gasteiger partial charge in [0.1, 0.15) is 11.5 Å². The summed E-state index contributed by atoms with van der Waals surface area (Å²) >= 11 is 0. The highest BCUT2D eigenvalue weighted by molar-refractivity contribution is 6.06. The first-order valence-electron chi connectivity index (χ1n) is 19.4. The second-order valence-corrected chi connectivity index (χ2v) is 16.2. The summed E-state index contributed by atoms with van der Waals surface area (Å²) in [6.45, 7) is 17.9. The molecule has 6 heterocycles. The molecule has 0 saturated carbocycles. The minimum atomic E-state index is -0.317. The maximum atomic E-state index is 13.9. The molecule has 0 bridgehead atoms. The van der Waals surface area contributed by atoms with Crippen molar-refractivity contribution >= 4 is 40.5 Å². The highest BCUT2D eigenvalue weighted by Crippen LogP contribution is 2.40. The number of aryl methyl sites for hydroxylation is 1. The van der Waals surface area contributed by atoms with Gasteiger partial charge in [-0.05, 0) is 86.9 Å². The molecule has 13 heteroatoms. The predicted octanol–water partition coefficient (Wildman–Crippen LogP) is 5.30. The van der Waals surface area contributed by atoms with Crippen molar-refractivity contribution in [1.29, 1.82) is 0 Å². The number of ether oxygens (including phenoxy) is 1. The number of carbonyl (C=O) groups excluding carboxylic acids is 2. The molecule has 8 rings (SSSR count).